The van der Waals surface area contributed by atoms with Gasteiger partial charge in [0.25, 0.3) is 0 Å². The molecule has 1 aliphatic heterocycles. The number of thioether (sulfide) groups is 1. The number of hydrogen-bond donors (Lipinski definition) is 1. The summed E-state index contributed by atoms with van der Waals surface area (Å²) in [4.78, 5) is 6.64. The van der Waals surface area contributed by atoms with Crippen LogP contribution < -0.4 is 5.32 Å². The average molecular weight is 248 g/mol. The van der Waals surface area contributed by atoms with Crippen LogP contribution in [0.3, 0.4) is 0 Å². The maximum absolute atomic E-state index is 8.66. The van der Waals surface area contributed by atoms with Gasteiger partial charge in [0.15, 0.2) is 0 Å². The SMILES string of the molecule is N#Cc1ccc(NCCN2CCSCC2)nc1. The van der Waals surface area contributed by atoms with Gasteiger partial charge in [-0.2, -0.15) is 17.0 Å². The summed E-state index contributed by atoms with van der Waals surface area (Å²) in [6.07, 6.45) is 1.60. The van der Waals surface area contributed by atoms with Crippen molar-refractivity contribution in [1.82, 2.24) is 9.88 Å². The van der Waals surface area contributed by atoms with Crippen LogP contribution in [0, 0.1) is 11.3 Å². The molecule has 17 heavy (non-hydrogen) atoms. The molecule has 1 aromatic rings. The standard InChI is InChI=1S/C12H16N4S/c13-9-11-1-2-12(15-10-11)14-3-4-16-5-7-17-8-6-16/h1-2,10H,3-8H2,(H,14,15). The van der Waals surface area contributed by atoms with E-state index in [1.165, 1.54) is 24.6 Å². The van der Waals surface area contributed by atoms with Gasteiger partial charge in [-0.05, 0) is 12.1 Å². The number of nitrogens with one attached hydrogen (secondary N) is 1. The van der Waals surface area contributed by atoms with Gasteiger partial charge < -0.3 is 5.32 Å². The number of nitriles is 1. The van der Waals surface area contributed by atoms with Crippen molar-refractivity contribution in [2.75, 3.05) is 43.0 Å². The quantitative estimate of drug-likeness (QED) is 0.873. The van der Waals surface area contributed by atoms with Crippen LogP contribution in [0.4, 0.5) is 5.82 Å². The van der Waals surface area contributed by atoms with Crippen LogP contribution in [0.1, 0.15) is 5.56 Å². The van der Waals surface area contributed by atoms with Crippen molar-refractivity contribution in [2.24, 2.45) is 0 Å². The number of aromatic nitrogens is 1. The molecule has 0 atom stereocenters. The van der Waals surface area contributed by atoms with Crippen molar-refractivity contribution in [3.05, 3.63) is 23.9 Å². The molecule has 0 unspecified atom stereocenters. The minimum Gasteiger partial charge on any atom is -0.369 e. The second-order valence-corrected chi connectivity index (χ2v) is 5.15. The predicted molar refractivity (Wildman–Crippen MR) is 71.2 cm³/mol. The third kappa shape index (κ3) is 3.91. The van der Waals surface area contributed by atoms with E-state index in [4.69, 9.17) is 5.26 Å². The lowest BCUT2D eigenvalue weighted by molar-refractivity contribution is 0.314. The lowest BCUT2D eigenvalue weighted by Crippen LogP contribution is -2.36. The molecular formula is C12H16N4S. The van der Waals surface area contributed by atoms with Gasteiger partial charge in [0, 0.05) is 43.9 Å². The summed E-state index contributed by atoms with van der Waals surface area (Å²) >= 11 is 2.03. The van der Waals surface area contributed by atoms with E-state index in [2.05, 4.69) is 21.3 Å². The third-order valence-electron chi connectivity index (χ3n) is 2.73. The van der Waals surface area contributed by atoms with Crippen molar-refractivity contribution < 1.29 is 0 Å². The highest BCUT2D eigenvalue weighted by Gasteiger charge is 2.09. The monoisotopic (exact) mass is 248 g/mol. The van der Waals surface area contributed by atoms with E-state index >= 15 is 0 Å². The van der Waals surface area contributed by atoms with Crippen LogP contribution in [-0.2, 0) is 0 Å². The average Bonchev–Trinajstić information content (AvgIpc) is 2.41. The van der Waals surface area contributed by atoms with Gasteiger partial charge in [-0.15, -0.1) is 0 Å². The number of hydrogen-bond acceptors (Lipinski definition) is 5. The normalized spacial score (nSPS) is 16.4. The van der Waals surface area contributed by atoms with Gasteiger partial charge in [-0.1, -0.05) is 0 Å². The summed E-state index contributed by atoms with van der Waals surface area (Å²) in [5, 5.41) is 11.9. The summed E-state index contributed by atoms with van der Waals surface area (Å²) in [6.45, 7) is 4.34. The summed E-state index contributed by atoms with van der Waals surface area (Å²) in [5.74, 6) is 3.33. The van der Waals surface area contributed by atoms with E-state index in [1.54, 1.807) is 12.3 Å². The lowest BCUT2D eigenvalue weighted by atomic mass is 10.3. The highest BCUT2D eigenvalue weighted by atomic mass is 32.2. The van der Waals surface area contributed by atoms with Gasteiger partial charge in [0.2, 0.25) is 0 Å². The molecular weight excluding hydrogens is 232 g/mol. The Morgan fingerprint density at radius 1 is 1.41 bits per heavy atom. The molecule has 0 spiro atoms. The molecule has 2 rings (SSSR count). The van der Waals surface area contributed by atoms with Crippen molar-refractivity contribution in [2.45, 2.75) is 0 Å². The maximum atomic E-state index is 8.66. The summed E-state index contributed by atoms with van der Waals surface area (Å²) in [5.41, 5.74) is 0.601. The summed E-state index contributed by atoms with van der Waals surface area (Å²) in [7, 11) is 0. The first-order chi connectivity index (χ1) is 8.38. The summed E-state index contributed by atoms with van der Waals surface area (Å²) < 4.78 is 0. The topological polar surface area (TPSA) is 52.0 Å². The van der Waals surface area contributed by atoms with Crippen molar-refractivity contribution in [3.8, 4) is 6.07 Å². The molecule has 0 aromatic carbocycles. The molecule has 90 valence electrons. The van der Waals surface area contributed by atoms with Gasteiger partial charge in [-0.25, -0.2) is 4.98 Å². The zero-order chi connectivity index (χ0) is 11.9. The van der Waals surface area contributed by atoms with E-state index in [9.17, 15) is 0 Å². The molecule has 0 radical (unpaired) electrons. The fourth-order valence-electron chi connectivity index (χ4n) is 1.73. The van der Waals surface area contributed by atoms with Crippen molar-refractivity contribution in [1.29, 1.82) is 5.26 Å². The molecule has 1 aliphatic rings. The Labute approximate surface area is 106 Å². The van der Waals surface area contributed by atoms with Crippen LogP contribution in [-0.4, -0.2) is 47.6 Å². The molecule has 0 saturated carbocycles. The van der Waals surface area contributed by atoms with Crippen LogP contribution in [0.5, 0.6) is 0 Å². The fourth-order valence-corrected chi connectivity index (χ4v) is 2.71. The molecule has 1 fully saturated rings. The highest BCUT2D eigenvalue weighted by molar-refractivity contribution is 7.99. The third-order valence-corrected chi connectivity index (χ3v) is 3.67. The highest BCUT2D eigenvalue weighted by Crippen LogP contribution is 2.08. The Balaban J connectivity index is 1.72. The molecule has 0 amide bonds. The van der Waals surface area contributed by atoms with E-state index < -0.39 is 0 Å². The van der Waals surface area contributed by atoms with Gasteiger partial charge in [-0.3, -0.25) is 4.90 Å². The largest absolute Gasteiger partial charge is 0.369 e. The Hall–Kier alpha value is -1.25. The summed E-state index contributed by atoms with van der Waals surface area (Å²) in [6, 6.07) is 5.70. The first kappa shape index (κ1) is 12.2. The zero-order valence-corrected chi connectivity index (χ0v) is 10.5. The van der Waals surface area contributed by atoms with Crippen molar-refractivity contribution in [3.63, 3.8) is 0 Å². The van der Waals surface area contributed by atoms with Crippen molar-refractivity contribution >= 4 is 17.6 Å². The molecule has 0 aliphatic carbocycles. The number of anilines is 1. The molecule has 1 saturated heterocycles. The number of pyridine rings is 1. The Bertz CT molecular complexity index is 378. The fraction of sp³-hybridized carbons (Fsp3) is 0.500. The number of rotatable bonds is 4. The van der Waals surface area contributed by atoms with E-state index in [-0.39, 0.29) is 0 Å². The van der Waals surface area contributed by atoms with Crippen LogP contribution in [0.25, 0.3) is 0 Å². The maximum Gasteiger partial charge on any atom is 0.126 e. The first-order valence-corrected chi connectivity index (χ1v) is 6.94. The Kier molecular flexibility index (Phi) is 4.65. The molecule has 1 N–H and O–H groups in total. The first-order valence-electron chi connectivity index (χ1n) is 5.78. The van der Waals surface area contributed by atoms with E-state index in [1.807, 2.05) is 17.8 Å². The van der Waals surface area contributed by atoms with Gasteiger partial charge >= 0.3 is 0 Å². The minimum absolute atomic E-state index is 0.601. The molecule has 2 heterocycles. The zero-order valence-electron chi connectivity index (χ0n) is 9.72. The smallest absolute Gasteiger partial charge is 0.126 e. The second-order valence-electron chi connectivity index (χ2n) is 3.92. The molecule has 4 nitrogen and oxygen atoms in total. The number of nitrogens with zero attached hydrogens (tertiary/aromatic N) is 3. The van der Waals surface area contributed by atoms with E-state index in [0.29, 0.717) is 5.56 Å². The van der Waals surface area contributed by atoms with Crippen LogP contribution in [0.15, 0.2) is 18.3 Å². The minimum atomic E-state index is 0.601. The van der Waals surface area contributed by atoms with Gasteiger partial charge in [0.05, 0.1) is 5.56 Å². The molecule has 1 aromatic heterocycles. The second kappa shape index (κ2) is 6.48. The molecule has 0 bridgehead atoms. The van der Waals surface area contributed by atoms with E-state index in [0.717, 1.165) is 18.9 Å². The predicted octanol–water partition coefficient (Wildman–Crippen LogP) is 1.41. The molecule has 5 heteroatoms. The Morgan fingerprint density at radius 3 is 2.88 bits per heavy atom. The Morgan fingerprint density at radius 2 is 2.24 bits per heavy atom. The lowest BCUT2D eigenvalue weighted by Gasteiger charge is -2.26. The van der Waals surface area contributed by atoms with Gasteiger partial charge in [0.1, 0.15) is 11.9 Å². The van der Waals surface area contributed by atoms with Crippen LogP contribution in [0.2, 0.25) is 0 Å². The van der Waals surface area contributed by atoms with Crippen LogP contribution >= 0.6 is 11.8 Å².